The van der Waals surface area contributed by atoms with Crippen LogP contribution in [0.5, 0.6) is 0 Å². The maximum Gasteiger partial charge on any atom is 0.306 e. The summed E-state index contributed by atoms with van der Waals surface area (Å²) in [6.07, 6.45) is 4.48. The molecule has 1 saturated carbocycles. The summed E-state index contributed by atoms with van der Waals surface area (Å²) in [5, 5.41) is 12.7. The Balaban J connectivity index is 1.78. The van der Waals surface area contributed by atoms with Crippen molar-refractivity contribution in [2.24, 2.45) is 5.92 Å². The van der Waals surface area contributed by atoms with Crippen molar-refractivity contribution < 1.29 is 14.3 Å². The van der Waals surface area contributed by atoms with Crippen LogP contribution in [0.4, 0.5) is 10.3 Å². The lowest BCUT2D eigenvalue weighted by Crippen LogP contribution is -2.31. The second-order valence-electron chi connectivity index (χ2n) is 5.94. The van der Waals surface area contributed by atoms with E-state index >= 15 is 0 Å². The van der Waals surface area contributed by atoms with Crippen LogP contribution in [0.25, 0.3) is 11.3 Å². The first-order valence-electron chi connectivity index (χ1n) is 7.81. The van der Waals surface area contributed by atoms with Crippen LogP contribution in [0.15, 0.2) is 30.5 Å². The third-order valence-electron chi connectivity index (χ3n) is 4.22. The number of hydrogen-bond acceptors (Lipinski definition) is 4. The molecule has 0 amide bonds. The van der Waals surface area contributed by atoms with Gasteiger partial charge in [0.05, 0.1) is 22.8 Å². The number of nitrogens with zero attached hydrogens (tertiary/aromatic N) is 2. The zero-order valence-electron chi connectivity index (χ0n) is 12.9. The molecular weight excluding hydrogens is 333 g/mol. The van der Waals surface area contributed by atoms with Crippen LogP contribution in [0, 0.1) is 11.7 Å². The highest BCUT2D eigenvalue weighted by atomic mass is 35.5. The predicted molar refractivity (Wildman–Crippen MR) is 89.4 cm³/mol. The molecule has 5 nitrogen and oxygen atoms in total. The fourth-order valence-electron chi connectivity index (χ4n) is 2.97. The summed E-state index contributed by atoms with van der Waals surface area (Å²) in [5.41, 5.74) is 1.21. The Hall–Kier alpha value is -2.21. The number of hydrogen-bond donors (Lipinski definition) is 2. The average molecular weight is 350 g/mol. The summed E-state index contributed by atoms with van der Waals surface area (Å²) in [7, 11) is 0. The van der Waals surface area contributed by atoms with Crippen LogP contribution in [-0.2, 0) is 4.79 Å². The lowest BCUT2D eigenvalue weighted by molar-refractivity contribution is -0.142. The van der Waals surface area contributed by atoms with Crippen molar-refractivity contribution >= 4 is 23.5 Å². The molecule has 1 aliphatic rings. The van der Waals surface area contributed by atoms with Crippen LogP contribution in [0.2, 0.25) is 5.02 Å². The Morgan fingerprint density at radius 1 is 1.29 bits per heavy atom. The molecule has 1 aliphatic carbocycles. The highest BCUT2D eigenvalue weighted by molar-refractivity contribution is 6.32. The van der Waals surface area contributed by atoms with Crippen molar-refractivity contribution in [2.45, 2.75) is 31.7 Å². The Kier molecular flexibility index (Phi) is 4.94. The standard InChI is InChI=1S/C17H17ClFN3O2/c18-14-9-20-17(21-13-3-1-2-11(8-13)16(23)24)22-15(14)10-4-6-12(19)7-5-10/h4-7,9,11,13H,1-3,8H2,(H,23,24)(H,20,21,22)/t11-,13+/m1/s1. The van der Waals surface area contributed by atoms with Crippen molar-refractivity contribution in [3.05, 3.63) is 41.3 Å². The first-order chi connectivity index (χ1) is 11.5. The van der Waals surface area contributed by atoms with Gasteiger partial charge in [-0.3, -0.25) is 4.79 Å². The second kappa shape index (κ2) is 7.13. The van der Waals surface area contributed by atoms with Gasteiger partial charge in [0.2, 0.25) is 5.95 Å². The molecule has 0 unspecified atom stereocenters. The summed E-state index contributed by atoms with van der Waals surface area (Å²) >= 11 is 6.15. The summed E-state index contributed by atoms with van der Waals surface area (Å²) in [6, 6.07) is 5.92. The number of rotatable bonds is 4. The molecule has 0 spiro atoms. The van der Waals surface area contributed by atoms with E-state index in [0.717, 1.165) is 12.8 Å². The topological polar surface area (TPSA) is 75.1 Å². The summed E-state index contributed by atoms with van der Waals surface area (Å²) in [6.45, 7) is 0. The maximum absolute atomic E-state index is 13.1. The van der Waals surface area contributed by atoms with Gasteiger partial charge in [0, 0.05) is 11.6 Å². The van der Waals surface area contributed by atoms with Crippen molar-refractivity contribution in [3.8, 4) is 11.3 Å². The van der Waals surface area contributed by atoms with Crippen molar-refractivity contribution in [3.63, 3.8) is 0 Å². The van der Waals surface area contributed by atoms with E-state index in [0.29, 0.717) is 35.1 Å². The van der Waals surface area contributed by atoms with Crippen LogP contribution in [0.1, 0.15) is 25.7 Å². The number of carboxylic acids is 1. The van der Waals surface area contributed by atoms with Gasteiger partial charge in [0.1, 0.15) is 5.82 Å². The molecule has 1 aromatic carbocycles. The van der Waals surface area contributed by atoms with Gasteiger partial charge >= 0.3 is 5.97 Å². The number of benzene rings is 1. The van der Waals surface area contributed by atoms with E-state index < -0.39 is 5.97 Å². The Bertz CT molecular complexity index is 739. The molecule has 0 bridgehead atoms. The summed E-state index contributed by atoms with van der Waals surface area (Å²) < 4.78 is 13.1. The van der Waals surface area contributed by atoms with Gasteiger partial charge in [0.15, 0.2) is 0 Å². The normalized spacial score (nSPS) is 20.6. The quantitative estimate of drug-likeness (QED) is 0.872. The van der Waals surface area contributed by atoms with E-state index in [1.54, 1.807) is 12.1 Å². The number of carboxylic acid groups (broad SMARTS) is 1. The highest BCUT2D eigenvalue weighted by Crippen LogP contribution is 2.29. The van der Waals surface area contributed by atoms with Crippen LogP contribution in [0.3, 0.4) is 0 Å². The van der Waals surface area contributed by atoms with Crippen LogP contribution >= 0.6 is 11.6 Å². The third kappa shape index (κ3) is 3.82. The largest absolute Gasteiger partial charge is 0.481 e. The van der Waals surface area contributed by atoms with Gasteiger partial charge in [-0.15, -0.1) is 0 Å². The number of anilines is 1. The molecule has 1 heterocycles. The van der Waals surface area contributed by atoms with Gasteiger partial charge in [-0.2, -0.15) is 0 Å². The average Bonchev–Trinajstić information content (AvgIpc) is 2.58. The van der Waals surface area contributed by atoms with Gasteiger partial charge in [-0.1, -0.05) is 18.0 Å². The monoisotopic (exact) mass is 349 g/mol. The third-order valence-corrected chi connectivity index (χ3v) is 4.50. The number of aromatic nitrogens is 2. The highest BCUT2D eigenvalue weighted by Gasteiger charge is 2.27. The molecule has 126 valence electrons. The van der Waals surface area contributed by atoms with E-state index in [1.165, 1.54) is 18.3 Å². The van der Waals surface area contributed by atoms with Gasteiger partial charge in [-0.05, 0) is 43.5 Å². The van der Waals surface area contributed by atoms with Crippen LogP contribution in [-0.4, -0.2) is 27.1 Å². The number of carbonyl (C=O) groups is 1. The molecule has 0 aliphatic heterocycles. The Morgan fingerprint density at radius 3 is 2.75 bits per heavy atom. The fraction of sp³-hybridized carbons (Fsp3) is 0.353. The minimum atomic E-state index is -0.759. The molecule has 1 aromatic heterocycles. The van der Waals surface area contributed by atoms with Crippen molar-refractivity contribution in [1.82, 2.24) is 9.97 Å². The molecule has 2 atom stereocenters. The lowest BCUT2D eigenvalue weighted by Gasteiger charge is -2.27. The van der Waals surface area contributed by atoms with Crippen LogP contribution < -0.4 is 5.32 Å². The SMILES string of the molecule is O=C(O)[C@@H]1CCC[C@H](Nc2ncc(Cl)c(-c3ccc(F)cc3)n2)C1. The molecular formula is C17H17ClFN3O2. The second-order valence-corrected chi connectivity index (χ2v) is 6.35. The first kappa shape index (κ1) is 16.6. The smallest absolute Gasteiger partial charge is 0.306 e. The van der Waals surface area contributed by atoms with Gasteiger partial charge in [0.25, 0.3) is 0 Å². The Labute approximate surface area is 143 Å². The number of aliphatic carboxylic acids is 1. The zero-order valence-corrected chi connectivity index (χ0v) is 13.6. The van der Waals surface area contributed by atoms with E-state index in [1.807, 2.05) is 0 Å². The summed E-state index contributed by atoms with van der Waals surface area (Å²) in [5.74, 6) is -1.02. The molecule has 0 saturated heterocycles. The lowest BCUT2D eigenvalue weighted by atomic mass is 9.86. The predicted octanol–water partition coefficient (Wildman–Crippen LogP) is 3.99. The van der Waals surface area contributed by atoms with E-state index in [9.17, 15) is 9.18 Å². The molecule has 24 heavy (non-hydrogen) atoms. The minimum Gasteiger partial charge on any atom is -0.481 e. The van der Waals surface area contributed by atoms with Gasteiger partial charge < -0.3 is 10.4 Å². The molecule has 2 N–H and O–H groups in total. The maximum atomic E-state index is 13.1. The number of nitrogens with one attached hydrogen (secondary N) is 1. The summed E-state index contributed by atoms with van der Waals surface area (Å²) in [4.78, 5) is 19.7. The van der Waals surface area contributed by atoms with Gasteiger partial charge in [-0.25, -0.2) is 14.4 Å². The van der Waals surface area contributed by atoms with Crippen molar-refractivity contribution in [2.75, 3.05) is 5.32 Å². The van der Waals surface area contributed by atoms with E-state index in [-0.39, 0.29) is 17.8 Å². The van der Waals surface area contributed by atoms with E-state index in [4.69, 9.17) is 16.7 Å². The molecule has 1 fully saturated rings. The molecule has 2 aromatic rings. The fourth-order valence-corrected chi connectivity index (χ4v) is 3.17. The zero-order chi connectivity index (χ0) is 17.1. The minimum absolute atomic E-state index is 0.0158. The first-order valence-corrected chi connectivity index (χ1v) is 8.18. The molecule has 0 radical (unpaired) electrons. The van der Waals surface area contributed by atoms with Crippen molar-refractivity contribution in [1.29, 1.82) is 0 Å². The molecule has 7 heteroatoms. The molecule has 3 rings (SSSR count). The van der Waals surface area contributed by atoms with E-state index in [2.05, 4.69) is 15.3 Å². The Morgan fingerprint density at radius 2 is 2.04 bits per heavy atom. The number of halogens is 2.